The van der Waals surface area contributed by atoms with Crippen molar-refractivity contribution in [2.45, 2.75) is 79.1 Å². The lowest BCUT2D eigenvalue weighted by Gasteiger charge is -2.30. The maximum Gasteiger partial charge on any atom is 0.334 e. The zero-order valence-electron chi connectivity index (χ0n) is 22.3. The van der Waals surface area contributed by atoms with Gasteiger partial charge in [0.25, 0.3) is 0 Å². The van der Waals surface area contributed by atoms with Crippen LogP contribution in [0.1, 0.15) is 53.9 Å². The van der Waals surface area contributed by atoms with Gasteiger partial charge in [0.05, 0.1) is 5.92 Å². The van der Waals surface area contributed by atoms with E-state index in [9.17, 15) is 9.90 Å². The molecular weight excluding hydrogens is 458 g/mol. The van der Waals surface area contributed by atoms with Gasteiger partial charge in [-0.15, -0.1) is 0 Å². The molecule has 33 heavy (non-hydrogen) atoms. The highest BCUT2D eigenvalue weighted by Crippen LogP contribution is 2.20. The van der Waals surface area contributed by atoms with Crippen LogP contribution in [-0.4, -0.2) is 92.4 Å². The maximum atomic E-state index is 11.9. The molecule has 198 valence electrons. The molecule has 0 amide bonds. The van der Waals surface area contributed by atoms with Gasteiger partial charge >= 0.3 is 23.1 Å². The summed E-state index contributed by atoms with van der Waals surface area (Å²) in [5.74, 6) is -1.20. The van der Waals surface area contributed by atoms with E-state index in [4.69, 9.17) is 22.4 Å². The Morgan fingerprint density at radius 1 is 0.788 bits per heavy atom. The minimum absolute atomic E-state index is 0.443. The number of carboxylic acids is 1. The Kier molecular flexibility index (Phi) is 18.7. The Hall–Kier alpha value is -0.336. The molecule has 0 bridgehead atoms. The summed E-state index contributed by atoms with van der Waals surface area (Å²) >= 11 is 0. The average Bonchev–Trinajstić information content (AvgIpc) is 2.73. The Labute approximate surface area is 204 Å². The average molecular weight is 510 g/mol. The smallest absolute Gasteiger partial charge is 0.334 e. The summed E-state index contributed by atoms with van der Waals surface area (Å²) in [5.41, 5.74) is 0. The summed E-state index contributed by atoms with van der Waals surface area (Å²) in [4.78, 5) is 14.2. The summed E-state index contributed by atoms with van der Waals surface area (Å²) in [6.45, 7) is 20.0. The molecule has 1 N–H and O–H groups in total. The van der Waals surface area contributed by atoms with E-state index in [0.29, 0.717) is 52.6 Å². The van der Waals surface area contributed by atoms with Crippen molar-refractivity contribution in [3.05, 3.63) is 0 Å². The van der Waals surface area contributed by atoms with Crippen LogP contribution in [0.2, 0.25) is 25.2 Å². The highest BCUT2D eigenvalue weighted by atomic mass is 28.4. The van der Waals surface area contributed by atoms with Gasteiger partial charge < -0.3 is 32.4 Å². The zero-order chi connectivity index (χ0) is 25.2. The quantitative estimate of drug-likeness (QED) is 0.159. The van der Waals surface area contributed by atoms with E-state index in [2.05, 4.69) is 18.0 Å². The molecule has 0 rings (SSSR count). The van der Waals surface area contributed by atoms with Crippen LogP contribution in [-0.2, 0) is 27.2 Å². The van der Waals surface area contributed by atoms with E-state index in [-0.39, 0.29) is 0 Å². The molecule has 0 aromatic heterocycles. The fourth-order valence-corrected chi connectivity index (χ4v) is 8.90. The van der Waals surface area contributed by atoms with Crippen LogP contribution in [0.15, 0.2) is 0 Å². The molecule has 1 atom stereocenters. The number of carboxylic acid groups (broad SMARTS) is 1. The van der Waals surface area contributed by atoms with E-state index in [1.54, 1.807) is 0 Å². The number of ether oxygens (including phenoxy) is 1. The molecule has 8 nitrogen and oxygen atoms in total. The van der Waals surface area contributed by atoms with Crippen LogP contribution in [0.3, 0.4) is 0 Å². The predicted molar refractivity (Wildman–Crippen MR) is 137 cm³/mol. The molecule has 0 saturated heterocycles. The molecule has 0 radical (unpaired) electrons. The van der Waals surface area contributed by atoms with Crippen molar-refractivity contribution in [3.8, 4) is 0 Å². The van der Waals surface area contributed by atoms with Crippen LogP contribution in [0.5, 0.6) is 0 Å². The minimum atomic E-state index is -2.18. The van der Waals surface area contributed by atoms with Gasteiger partial charge in [-0.05, 0) is 92.2 Å². The third-order valence-electron chi connectivity index (χ3n) is 5.65. The fraction of sp³-hybridized carbons (Fsp3) is 0.957. The second kappa shape index (κ2) is 18.9. The first-order valence-electron chi connectivity index (χ1n) is 12.8. The number of hydrogen-bond acceptors (Lipinski definition) is 7. The Morgan fingerprint density at radius 3 is 1.55 bits per heavy atom. The largest absolute Gasteiger partial charge is 0.481 e. The fourth-order valence-electron chi connectivity index (χ4n) is 4.11. The van der Waals surface area contributed by atoms with Crippen LogP contribution < -0.4 is 0 Å². The van der Waals surface area contributed by atoms with Gasteiger partial charge in [-0.2, -0.15) is 0 Å². The van der Waals surface area contributed by atoms with E-state index in [1.807, 2.05) is 34.6 Å². The molecular formula is C23H51NO7Si2. The highest BCUT2D eigenvalue weighted by Gasteiger charge is 2.32. The second-order valence-electron chi connectivity index (χ2n) is 8.53. The van der Waals surface area contributed by atoms with Crippen LogP contribution in [0.4, 0.5) is 0 Å². The number of carbonyl (C=O) groups is 1. The van der Waals surface area contributed by atoms with E-state index in [1.165, 1.54) is 0 Å². The highest BCUT2D eigenvalue weighted by molar-refractivity contribution is 6.66. The molecule has 0 fully saturated rings. The zero-order valence-corrected chi connectivity index (χ0v) is 24.3. The molecule has 10 heteroatoms. The van der Waals surface area contributed by atoms with E-state index >= 15 is 0 Å². The van der Waals surface area contributed by atoms with Crippen LogP contribution in [0, 0.1) is 5.92 Å². The van der Waals surface area contributed by atoms with Gasteiger partial charge in [-0.3, -0.25) is 4.79 Å². The van der Waals surface area contributed by atoms with Crippen molar-refractivity contribution < 1.29 is 32.3 Å². The normalized spacial score (nSPS) is 13.6. The van der Waals surface area contributed by atoms with E-state index in [0.717, 1.165) is 38.0 Å². The monoisotopic (exact) mass is 509 g/mol. The summed E-state index contributed by atoms with van der Waals surface area (Å²) < 4.78 is 29.3. The lowest BCUT2D eigenvalue weighted by Crippen LogP contribution is -2.42. The lowest BCUT2D eigenvalue weighted by atomic mass is 10.1. The summed E-state index contributed by atoms with van der Waals surface area (Å²) in [7, 11) is -4.37. The number of rotatable bonds is 23. The molecule has 0 aliphatic rings. The van der Waals surface area contributed by atoms with Gasteiger partial charge in [-0.25, -0.2) is 0 Å². The summed E-state index contributed by atoms with van der Waals surface area (Å²) in [5, 5.41) is 9.76. The number of aliphatic carboxylic acids is 1. The number of hydrogen-bond donors (Lipinski definition) is 1. The molecule has 0 aliphatic carbocycles. The molecule has 0 spiro atoms. The minimum Gasteiger partial charge on any atom is -0.481 e. The molecule has 0 heterocycles. The third kappa shape index (κ3) is 15.3. The van der Waals surface area contributed by atoms with Gasteiger partial charge in [0.1, 0.15) is 0 Å². The maximum absolute atomic E-state index is 11.9. The van der Waals surface area contributed by atoms with Gasteiger partial charge in [0.15, 0.2) is 0 Å². The predicted octanol–water partition coefficient (Wildman–Crippen LogP) is 4.49. The van der Waals surface area contributed by atoms with Crippen molar-refractivity contribution in [3.63, 3.8) is 0 Å². The van der Waals surface area contributed by atoms with Crippen molar-refractivity contribution in [1.82, 2.24) is 4.90 Å². The topological polar surface area (TPSA) is 86.7 Å². The Bertz CT molecular complexity index is 459. The van der Waals surface area contributed by atoms with Crippen molar-refractivity contribution in [2.75, 3.05) is 59.3 Å². The molecule has 1 unspecified atom stereocenters. The Morgan fingerprint density at radius 2 is 1.21 bits per heavy atom. The van der Waals surface area contributed by atoms with Crippen LogP contribution >= 0.6 is 0 Å². The molecule has 0 aromatic carbocycles. The SMILES string of the molecule is CCOCCC(CN(CCC[Si](C)(OCC)OCC)CCC[Si](C)(OCC)OCC)C(=O)O. The number of nitrogens with zero attached hydrogens (tertiary/aromatic N) is 1. The van der Waals surface area contributed by atoms with E-state index < -0.39 is 29.0 Å². The third-order valence-corrected chi connectivity index (χ3v) is 11.8. The van der Waals surface area contributed by atoms with Crippen molar-refractivity contribution in [2.24, 2.45) is 5.92 Å². The first-order chi connectivity index (χ1) is 15.7. The lowest BCUT2D eigenvalue weighted by molar-refractivity contribution is -0.143. The second-order valence-corrected chi connectivity index (χ2v) is 15.2. The first kappa shape index (κ1) is 32.7. The van der Waals surface area contributed by atoms with Gasteiger partial charge in [-0.1, -0.05) is 0 Å². The van der Waals surface area contributed by atoms with Crippen LogP contribution in [0.25, 0.3) is 0 Å². The Balaban J connectivity index is 5.10. The standard InChI is InChI=1S/C23H51NO7Si2/c1-8-27-18-15-22(23(25)26)21-24(16-13-19-32(6,28-9-2)29-10-3)17-14-20-33(7,30-11-4)31-12-5/h22H,8-21H2,1-7H3,(H,25,26). The van der Waals surface area contributed by atoms with Gasteiger partial charge in [0.2, 0.25) is 0 Å². The first-order valence-corrected chi connectivity index (χ1v) is 17.8. The van der Waals surface area contributed by atoms with Crippen molar-refractivity contribution >= 4 is 23.1 Å². The molecule has 0 saturated carbocycles. The van der Waals surface area contributed by atoms with Gasteiger partial charge in [0, 0.05) is 46.2 Å². The summed E-state index contributed by atoms with van der Waals surface area (Å²) in [6.07, 6.45) is 2.37. The molecule has 0 aliphatic heterocycles. The summed E-state index contributed by atoms with van der Waals surface area (Å²) in [6, 6.07) is 1.79. The van der Waals surface area contributed by atoms with Crippen molar-refractivity contribution in [1.29, 1.82) is 0 Å². The molecule has 0 aromatic rings.